The van der Waals surface area contributed by atoms with Crippen molar-refractivity contribution in [2.24, 2.45) is 5.92 Å². The molecule has 9 nitrogen and oxygen atoms in total. The van der Waals surface area contributed by atoms with Crippen molar-refractivity contribution in [2.45, 2.75) is 56.1 Å². The van der Waals surface area contributed by atoms with Crippen LogP contribution < -0.4 is 15.0 Å². The molecule has 0 spiro atoms. The number of anilines is 1. The lowest BCUT2D eigenvalue weighted by Crippen LogP contribution is -2.56. The number of para-hydroxylation sites is 2. The maximum atomic E-state index is 12.8. The zero-order valence-electron chi connectivity index (χ0n) is 18.4. The van der Waals surface area contributed by atoms with E-state index in [9.17, 15) is 24.9 Å². The summed E-state index contributed by atoms with van der Waals surface area (Å²) < 4.78 is 10.8. The average molecular weight is 449 g/mol. The third-order valence-corrected chi connectivity index (χ3v) is 6.08. The fourth-order valence-electron chi connectivity index (χ4n) is 4.13. The molecule has 0 radical (unpaired) electrons. The molecule has 4 N–H and O–H groups in total. The normalized spacial score (nSPS) is 23.2. The van der Waals surface area contributed by atoms with E-state index in [4.69, 9.17) is 9.47 Å². The number of carbonyl (C=O) groups is 2. The minimum absolute atomic E-state index is 0.103. The molecule has 9 heteroatoms. The number of likely N-dealkylation sites (N-methyl/N-ethyl adjacent to an activating group) is 1. The molecular weight excluding hydrogens is 416 g/mol. The summed E-state index contributed by atoms with van der Waals surface area (Å²) in [5.74, 6) is -0.339. The van der Waals surface area contributed by atoms with Crippen LogP contribution in [0.4, 0.5) is 5.69 Å². The summed E-state index contributed by atoms with van der Waals surface area (Å²) in [6.07, 6.45) is 1.40. The Hall–Kier alpha value is -2.46. The molecule has 0 saturated heterocycles. The molecule has 2 amide bonds. The van der Waals surface area contributed by atoms with Crippen LogP contribution in [0, 0.1) is 5.92 Å². The zero-order valence-corrected chi connectivity index (χ0v) is 18.4. The SMILES string of the molecule is COC(C(=O)NC1COc2ccccc2N(C)C1=O)[C@H](O)[C@@H](O)[C@H](O)/C=C/C1CCCC1. The van der Waals surface area contributed by atoms with Gasteiger partial charge in [0.2, 0.25) is 0 Å². The van der Waals surface area contributed by atoms with E-state index in [0.717, 1.165) is 25.7 Å². The molecule has 5 atom stereocenters. The number of rotatable bonds is 8. The Morgan fingerprint density at radius 2 is 1.91 bits per heavy atom. The number of allylic oxidation sites excluding steroid dienone is 1. The lowest BCUT2D eigenvalue weighted by molar-refractivity contribution is -0.150. The van der Waals surface area contributed by atoms with Crippen molar-refractivity contribution in [2.75, 3.05) is 25.7 Å². The van der Waals surface area contributed by atoms with Crippen molar-refractivity contribution < 1.29 is 34.4 Å². The van der Waals surface area contributed by atoms with Gasteiger partial charge in [0.15, 0.2) is 6.10 Å². The topological polar surface area (TPSA) is 129 Å². The molecular formula is C23H32N2O7. The molecule has 1 heterocycles. The van der Waals surface area contributed by atoms with Crippen LogP contribution in [0.2, 0.25) is 0 Å². The van der Waals surface area contributed by atoms with E-state index in [-0.39, 0.29) is 6.61 Å². The quantitative estimate of drug-likeness (QED) is 0.423. The van der Waals surface area contributed by atoms with Crippen molar-refractivity contribution in [1.29, 1.82) is 0 Å². The van der Waals surface area contributed by atoms with Crippen molar-refractivity contribution in [3.63, 3.8) is 0 Å². The second-order valence-corrected chi connectivity index (χ2v) is 8.29. The molecule has 1 aromatic carbocycles. The van der Waals surface area contributed by atoms with Gasteiger partial charge in [-0.15, -0.1) is 0 Å². The number of amides is 2. The van der Waals surface area contributed by atoms with Gasteiger partial charge in [0.25, 0.3) is 11.8 Å². The molecule has 2 unspecified atom stereocenters. The fourth-order valence-corrected chi connectivity index (χ4v) is 4.13. The van der Waals surface area contributed by atoms with Crippen LogP contribution in [-0.2, 0) is 14.3 Å². The van der Waals surface area contributed by atoms with E-state index in [0.29, 0.717) is 17.4 Å². The Morgan fingerprint density at radius 3 is 2.59 bits per heavy atom. The summed E-state index contributed by atoms with van der Waals surface area (Å²) >= 11 is 0. The lowest BCUT2D eigenvalue weighted by atomic mass is 9.99. The van der Waals surface area contributed by atoms with Gasteiger partial charge >= 0.3 is 0 Å². The summed E-state index contributed by atoms with van der Waals surface area (Å²) in [5, 5.41) is 33.6. The van der Waals surface area contributed by atoms with Gasteiger partial charge in [0.1, 0.15) is 36.7 Å². The van der Waals surface area contributed by atoms with E-state index in [2.05, 4.69) is 5.32 Å². The van der Waals surface area contributed by atoms with E-state index >= 15 is 0 Å². The van der Waals surface area contributed by atoms with Gasteiger partial charge in [-0.3, -0.25) is 9.59 Å². The standard InChI is InChI=1S/C23H32N2O7/c1-25-16-9-5-6-10-18(16)32-13-15(23(25)30)24-22(29)21(31-2)20(28)19(27)17(26)12-11-14-7-3-4-8-14/h5-6,9-12,14-15,17,19-21,26-28H,3-4,7-8,13H2,1-2H3,(H,24,29)/b12-11+/t15?,17-,19+,20-,21?/m1/s1. The van der Waals surface area contributed by atoms with Crippen LogP contribution in [0.1, 0.15) is 25.7 Å². The Labute approximate surface area is 187 Å². The fraction of sp³-hybridized carbons (Fsp3) is 0.565. The highest BCUT2D eigenvalue weighted by Gasteiger charge is 2.38. The number of hydrogen-bond donors (Lipinski definition) is 4. The van der Waals surface area contributed by atoms with Crippen LogP contribution in [0.15, 0.2) is 36.4 Å². The number of ether oxygens (including phenoxy) is 2. The highest BCUT2D eigenvalue weighted by Crippen LogP contribution is 2.30. The summed E-state index contributed by atoms with van der Waals surface area (Å²) in [6.45, 7) is -0.103. The van der Waals surface area contributed by atoms with Crippen LogP contribution in [0.25, 0.3) is 0 Å². The summed E-state index contributed by atoms with van der Waals surface area (Å²) in [5.41, 5.74) is 0.574. The molecule has 32 heavy (non-hydrogen) atoms. The Morgan fingerprint density at radius 1 is 1.22 bits per heavy atom. The number of aliphatic hydroxyl groups is 3. The molecule has 1 fully saturated rings. The molecule has 3 rings (SSSR count). The first-order valence-electron chi connectivity index (χ1n) is 10.9. The smallest absolute Gasteiger partial charge is 0.252 e. The molecule has 2 aliphatic rings. The Bertz CT molecular complexity index is 824. The van der Waals surface area contributed by atoms with E-state index in [1.165, 1.54) is 18.1 Å². The van der Waals surface area contributed by atoms with E-state index < -0.39 is 42.3 Å². The maximum absolute atomic E-state index is 12.8. The van der Waals surface area contributed by atoms with Gasteiger partial charge in [-0.1, -0.05) is 37.1 Å². The number of nitrogens with zero attached hydrogens (tertiary/aromatic N) is 1. The molecule has 0 aromatic heterocycles. The average Bonchev–Trinajstić information content (AvgIpc) is 3.29. The summed E-state index contributed by atoms with van der Waals surface area (Å²) in [6, 6.07) is 5.99. The predicted octanol–water partition coefficient (Wildman–Crippen LogP) is 0.371. The number of aliphatic hydroxyl groups excluding tert-OH is 3. The van der Waals surface area contributed by atoms with Crippen LogP contribution in [0.5, 0.6) is 5.75 Å². The molecule has 1 aromatic rings. The molecule has 1 aliphatic heterocycles. The first-order valence-corrected chi connectivity index (χ1v) is 10.9. The monoisotopic (exact) mass is 448 g/mol. The lowest BCUT2D eigenvalue weighted by Gasteiger charge is -2.28. The van der Waals surface area contributed by atoms with Gasteiger partial charge in [-0.05, 0) is 30.9 Å². The first-order chi connectivity index (χ1) is 15.3. The largest absolute Gasteiger partial charge is 0.489 e. The van der Waals surface area contributed by atoms with Gasteiger partial charge in [0, 0.05) is 14.2 Å². The number of fused-ring (bicyclic) bond motifs is 1. The molecule has 1 aliphatic carbocycles. The number of benzene rings is 1. The van der Waals surface area contributed by atoms with Crippen molar-refractivity contribution in [3.8, 4) is 5.75 Å². The molecule has 1 saturated carbocycles. The number of nitrogens with one attached hydrogen (secondary N) is 1. The van der Waals surface area contributed by atoms with E-state index in [1.807, 2.05) is 6.08 Å². The molecule has 0 bridgehead atoms. The van der Waals surface area contributed by atoms with Gasteiger partial charge in [-0.25, -0.2) is 0 Å². The highest BCUT2D eigenvalue weighted by atomic mass is 16.5. The number of methoxy groups -OCH3 is 1. The van der Waals surface area contributed by atoms with Gasteiger partial charge in [-0.2, -0.15) is 0 Å². The first kappa shape index (κ1) is 24.2. The Kier molecular flexibility index (Phi) is 8.25. The third-order valence-electron chi connectivity index (χ3n) is 6.08. The van der Waals surface area contributed by atoms with E-state index in [1.54, 1.807) is 31.3 Å². The number of carbonyl (C=O) groups excluding carboxylic acids is 2. The maximum Gasteiger partial charge on any atom is 0.252 e. The van der Waals surface area contributed by atoms with Crippen LogP contribution in [0.3, 0.4) is 0 Å². The number of hydrogen-bond acceptors (Lipinski definition) is 7. The minimum Gasteiger partial charge on any atom is -0.489 e. The van der Waals surface area contributed by atoms with Crippen molar-refractivity contribution in [1.82, 2.24) is 5.32 Å². The van der Waals surface area contributed by atoms with Gasteiger partial charge < -0.3 is 35.0 Å². The van der Waals surface area contributed by atoms with Crippen molar-refractivity contribution >= 4 is 17.5 Å². The third kappa shape index (κ3) is 5.47. The second-order valence-electron chi connectivity index (χ2n) is 8.29. The van der Waals surface area contributed by atoms with Crippen molar-refractivity contribution in [3.05, 3.63) is 36.4 Å². The highest BCUT2D eigenvalue weighted by molar-refractivity contribution is 6.01. The summed E-state index contributed by atoms with van der Waals surface area (Å²) in [4.78, 5) is 27.0. The van der Waals surface area contributed by atoms with Crippen LogP contribution >= 0.6 is 0 Å². The van der Waals surface area contributed by atoms with Gasteiger partial charge in [0.05, 0.1) is 5.69 Å². The molecule has 176 valence electrons. The minimum atomic E-state index is -1.71. The zero-order chi connectivity index (χ0) is 23.3. The van der Waals surface area contributed by atoms with Crippen LogP contribution in [-0.4, -0.2) is 78.4 Å². The second kappa shape index (κ2) is 10.9. The summed E-state index contributed by atoms with van der Waals surface area (Å²) in [7, 11) is 2.78. The predicted molar refractivity (Wildman–Crippen MR) is 117 cm³/mol. The Balaban J connectivity index is 1.62.